The number of benzene rings is 2. The van der Waals surface area contributed by atoms with Gasteiger partial charge in [-0.3, -0.25) is 10.1 Å². The molecule has 6 nitrogen and oxygen atoms in total. The number of nitrogens with one attached hydrogen (secondary N) is 1. The third-order valence-corrected chi connectivity index (χ3v) is 5.92. The fraction of sp³-hybridized carbons (Fsp3) is 0.480. The van der Waals surface area contributed by atoms with Crippen LogP contribution in [-0.4, -0.2) is 39.5 Å². The topological polar surface area (TPSA) is 99.0 Å². The average molecular weight is 428 g/mol. The van der Waals surface area contributed by atoms with Gasteiger partial charge in [0, 0.05) is 6.04 Å². The summed E-state index contributed by atoms with van der Waals surface area (Å²) in [5, 5.41) is 33.6. The normalized spacial score (nSPS) is 17.6. The van der Waals surface area contributed by atoms with Gasteiger partial charge in [-0.2, -0.15) is 0 Å². The number of carbonyl (C=O) groups is 1. The maximum atomic E-state index is 13.0. The molecule has 0 spiro atoms. The SMILES string of the molecule is CC(CCc1ccccc1)NC(C(=O)OC1CCCCC1)C(O)c1ccc(O)c(O)c1. The number of phenolic OH excluding ortho intramolecular Hbond substituents is 2. The summed E-state index contributed by atoms with van der Waals surface area (Å²) >= 11 is 0. The predicted molar refractivity (Wildman–Crippen MR) is 119 cm³/mol. The van der Waals surface area contributed by atoms with Crippen LogP contribution in [0.5, 0.6) is 11.5 Å². The molecule has 0 saturated heterocycles. The molecule has 1 saturated carbocycles. The number of aliphatic hydroxyl groups is 1. The Balaban J connectivity index is 1.70. The lowest BCUT2D eigenvalue weighted by atomic mass is 9.97. The Morgan fingerprint density at radius 3 is 2.45 bits per heavy atom. The number of aryl methyl sites for hydroxylation is 1. The van der Waals surface area contributed by atoms with E-state index in [9.17, 15) is 20.1 Å². The molecule has 0 aliphatic heterocycles. The minimum atomic E-state index is -1.22. The molecule has 3 unspecified atom stereocenters. The van der Waals surface area contributed by atoms with Gasteiger partial charge in [-0.05, 0) is 68.7 Å². The fourth-order valence-electron chi connectivity index (χ4n) is 4.04. The molecular formula is C25H33NO5. The molecule has 3 rings (SSSR count). The highest BCUT2D eigenvalue weighted by atomic mass is 16.5. The number of hydrogen-bond donors (Lipinski definition) is 4. The number of phenols is 2. The van der Waals surface area contributed by atoms with Crippen LogP contribution in [0.4, 0.5) is 0 Å². The number of esters is 1. The van der Waals surface area contributed by atoms with E-state index < -0.39 is 18.1 Å². The molecule has 4 N–H and O–H groups in total. The zero-order chi connectivity index (χ0) is 22.2. The number of rotatable bonds is 9. The molecule has 0 heterocycles. The van der Waals surface area contributed by atoms with Crippen LogP contribution in [-0.2, 0) is 16.0 Å². The molecular weight excluding hydrogens is 394 g/mol. The molecule has 0 bridgehead atoms. The molecule has 0 amide bonds. The van der Waals surface area contributed by atoms with Crippen molar-refractivity contribution >= 4 is 5.97 Å². The third kappa shape index (κ3) is 6.71. The van der Waals surface area contributed by atoms with Gasteiger partial charge in [0.2, 0.25) is 0 Å². The van der Waals surface area contributed by atoms with E-state index in [2.05, 4.69) is 17.4 Å². The molecule has 2 aromatic carbocycles. The summed E-state index contributed by atoms with van der Waals surface area (Å²) in [6, 6.07) is 13.2. The zero-order valence-corrected chi connectivity index (χ0v) is 18.0. The maximum Gasteiger partial charge on any atom is 0.326 e. The first-order chi connectivity index (χ1) is 14.9. The Morgan fingerprint density at radius 1 is 1.06 bits per heavy atom. The second-order valence-electron chi connectivity index (χ2n) is 8.46. The maximum absolute atomic E-state index is 13.0. The summed E-state index contributed by atoms with van der Waals surface area (Å²) in [6.07, 6.45) is 5.21. The monoisotopic (exact) mass is 427 g/mol. The summed E-state index contributed by atoms with van der Waals surface area (Å²) in [6.45, 7) is 1.98. The van der Waals surface area contributed by atoms with Crippen molar-refractivity contribution in [3.8, 4) is 11.5 Å². The van der Waals surface area contributed by atoms with Gasteiger partial charge in [0.1, 0.15) is 18.2 Å². The molecule has 31 heavy (non-hydrogen) atoms. The second kappa shape index (κ2) is 11.2. The van der Waals surface area contributed by atoms with Crippen LogP contribution in [0.15, 0.2) is 48.5 Å². The molecule has 1 aliphatic rings. The lowest BCUT2D eigenvalue weighted by Gasteiger charge is -2.29. The summed E-state index contributed by atoms with van der Waals surface area (Å²) in [4.78, 5) is 13.0. The van der Waals surface area contributed by atoms with Crippen molar-refractivity contribution in [2.45, 2.75) is 76.2 Å². The van der Waals surface area contributed by atoms with E-state index in [0.717, 1.165) is 44.9 Å². The van der Waals surface area contributed by atoms with Crippen LogP contribution in [0, 0.1) is 0 Å². The number of carbonyl (C=O) groups excluding carboxylic acids is 1. The zero-order valence-electron chi connectivity index (χ0n) is 18.0. The lowest BCUT2D eigenvalue weighted by Crippen LogP contribution is -2.48. The highest BCUT2D eigenvalue weighted by Gasteiger charge is 2.33. The van der Waals surface area contributed by atoms with E-state index in [0.29, 0.717) is 5.56 Å². The van der Waals surface area contributed by atoms with Crippen LogP contribution in [0.25, 0.3) is 0 Å². The molecule has 168 valence electrons. The first kappa shape index (κ1) is 23.1. The van der Waals surface area contributed by atoms with Gasteiger partial charge in [-0.25, -0.2) is 0 Å². The Morgan fingerprint density at radius 2 is 1.77 bits per heavy atom. The van der Waals surface area contributed by atoms with Crippen LogP contribution in [0.3, 0.4) is 0 Å². The second-order valence-corrected chi connectivity index (χ2v) is 8.46. The average Bonchev–Trinajstić information content (AvgIpc) is 2.78. The first-order valence-electron chi connectivity index (χ1n) is 11.1. The van der Waals surface area contributed by atoms with Crippen molar-refractivity contribution in [1.29, 1.82) is 0 Å². The number of hydrogen-bond acceptors (Lipinski definition) is 6. The van der Waals surface area contributed by atoms with E-state index in [1.807, 2.05) is 25.1 Å². The molecule has 0 aromatic heterocycles. The highest BCUT2D eigenvalue weighted by Crippen LogP contribution is 2.30. The molecule has 6 heteroatoms. The number of aliphatic hydroxyl groups excluding tert-OH is 1. The lowest BCUT2D eigenvalue weighted by molar-refractivity contribution is -0.156. The Hall–Kier alpha value is -2.57. The van der Waals surface area contributed by atoms with Crippen molar-refractivity contribution in [2.24, 2.45) is 0 Å². The fourth-order valence-corrected chi connectivity index (χ4v) is 4.04. The van der Waals surface area contributed by atoms with Crippen molar-refractivity contribution < 1.29 is 24.9 Å². The van der Waals surface area contributed by atoms with Crippen LogP contribution >= 0.6 is 0 Å². The molecule has 2 aromatic rings. The molecule has 0 radical (unpaired) electrons. The van der Waals surface area contributed by atoms with Crippen LogP contribution < -0.4 is 5.32 Å². The van der Waals surface area contributed by atoms with Gasteiger partial charge in [0.25, 0.3) is 0 Å². The van der Waals surface area contributed by atoms with Crippen molar-refractivity contribution in [1.82, 2.24) is 5.32 Å². The standard InChI is InChI=1S/C25H33NO5/c1-17(12-13-18-8-4-2-5-9-18)26-23(25(30)31-20-10-6-3-7-11-20)24(29)19-14-15-21(27)22(28)16-19/h2,4-5,8-9,14-17,20,23-24,26-29H,3,6-7,10-13H2,1H3. The number of aromatic hydroxyl groups is 2. The van der Waals surface area contributed by atoms with Gasteiger partial charge in [0.05, 0.1) is 0 Å². The smallest absolute Gasteiger partial charge is 0.326 e. The van der Waals surface area contributed by atoms with Crippen molar-refractivity contribution in [2.75, 3.05) is 0 Å². The van der Waals surface area contributed by atoms with Crippen molar-refractivity contribution in [3.05, 3.63) is 59.7 Å². The van der Waals surface area contributed by atoms with E-state index in [4.69, 9.17) is 4.74 Å². The van der Waals surface area contributed by atoms with E-state index in [1.165, 1.54) is 23.8 Å². The van der Waals surface area contributed by atoms with E-state index >= 15 is 0 Å². The summed E-state index contributed by atoms with van der Waals surface area (Å²) in [5.74, 6) is -1.10. The van der Waals surface area contributed by atoms with E-state index in [1.54, 1.807) is 0 Å². The summed E-state index contributed by atoms with van der Waals surface area (Å²) in [7, 11) is 0. The Labute approximate surface area is 183 Å². The van der Waals surface area contributed by atoms with Gasteiger partial charge < -0.3 is 20.1 Å². The van der Waals surface area contributed by atoms with Crippen LogP contribution in [0.1, 0.15) is 62.7 Å². The summed E-state index contributed by atoms with van der Waals surface area (Å²) in [5.41, 5.74) is 1.55. The number of ether oxygens (including phenoxy) is 1. The first-order valence-corrected chi connectivity index (χ1v) is 11.1. The Bertz CT molecular complexity index is 835. The minimum Gasteiger partial charge on any atom is -0.504 e. The van der Waals surface area contributed by atoms with Gasteiger partial charge in [-0.15, -0.1) is 0 Å². The predicted octanol–water partition coefficient (Wildman–Crippen LogP) is 3.99. The van der Waals surface area contributed by atoms with Gasteiger partial charge in [-0.1, -0.05) is 42.8 Å². The third-order valence-electron chi connectivity index (χ3n) is 5.92. The molecule has 1 fully saturated rings. The van der Waals surface area contributed by atoms with Crippen LogP contribution in [0.2, 0.25) is 0 Å². The molecule has 1 aliphatic carbocycles. The summed E-state index contributed by atoms with van der Waals surface area (Å²) < 4.78 is 5.74. The largest absolute Gasteiger partial charge is 0.504 e. The minimum absolute atomic E-state index is 0.0514. The highest BCUT2D eigenvalue weighted by molar-refractivity contribution is 5.77. The van der Waals surface area contributed by atoms with E-state index in [-0.39, 0.29) is 23.6 Å². The van der Waals surface area contributed by atoms with Gasteiger partial charge >= 0.3 is 5.97 Å². The van der Waals surface area contributed by atoms with Gasteiger partial charge in [0.15, 0.2) is 11.5 Å². The van der Waals surface area contributed by atoms with Crippen molar-refractivity contribution in [3.63, 3.8) is 0 Å². The quantitative estimate of drug-likeness (QED) is 0.357. The Kier molecular flexibility index (Phi) is 8.32. The molecule has 3 atom stereocenters.